The largest absolute Gasteiger partial charge is 0.399 e. The molecule has 3 rings (SSSR count). The number of fused-ring (bicyclic) bond motifs is 1. The molecule has 2 heterocycles. The van der Waals surface area contributed by atoms with Crippen molar-refractivity contribution in [3.63, 3.8) is 0 Å². The summed E-state index contributed by atoms with van der Waals surface area (Å²) < 4.78 is 1.95. The van der Waals surface area contributed by atoms with Gasteiger partial charge in [0.05, 0.1) is 12.1 Å². The lowest BCUT2D eigenvalue weighted by atomic mass is 9.79. The number of ketones is 1. The number of thiazole rings is 1. The van der Waals surface area contributed by atoms with Crippen LogP contribution in [-0.2, 0) is 16.6 Å². The van der Waals surface area contributed by atoms with Gasteiger partial charge in [0.2, 0.25) is 0 Å². The fourth-order valence-electron chi connectivity index (χ4n) is 2.31. The first-order valence-corrected chi connectivity index (χ1v) is 7.65. The molecule has 0 spiro atoms. The Kier molecular flexibility index (Phi) is 3.29. The Labute approximate surface area is 127 Å². The molecule has 1 aromatic carbocycles. The molecule has 0 saturated carbocycles. The number of rotatable bonds is 4. The van der Waals surface area contributed by atoms with E-state index < -0.39 is 5.41 Å². The van der Waals surface area contributed by atoms with Gasteiger partial charge in [-0.05, 0) is 31.5 Å². The van der Waals surface area contributed by atoms with Crippen LogP contribution in [0.3, 0.4) is 0 Å². The lowest BCUT2D eigenvalue weighted by Gasteiger charge is -2.23. The molecule has 5 heteroatoms. The van der Waals surface area contributed by atoms with Gasteiger partial charge in [-0.2, -0.15) is 0 Å². The van der Waals surface area contributed by atoms with Crippen LogP contribution in [0.2, 0.25) is 0 Å². The summed E-state index contributed by atoms with van der Waals surface area (Å²) >= 11 is 1.57. The van der Waals surface area contributed by atoms with Gasteiger partial charge in [-0.3, -0.25) is 9.20 Å². The highest BCUT2D eigenvalue weighted by Crippen LogP contribution is 2.26. The molecule has 0 atom stereocenters. The van der Waals surface area contributed by atoms with Gasteiger partial charge >= 0.3 is 0 Å². The molecular weight excluding hydrogens is 282 g/mol. The van der Waals surface area contributed by atoms with Gasteiger partial charge in [-0.25, -0.2) is 4.98 Å². The average Bonchev–Trinajstić information content (AvgIpc) is 3.00. The number of benzene rings is 1. The molecule has 0 amide bonds. The number of imidazole rings is 1. The second-order valence-corrected chi connectivity index (χ2v) is 6.55. The van der Waals surface area contributed by atoms with Crippen LogP contribution in [0, 0.1) is 0 Å². The van der Waals surface area contributed by atoms with Crippen LogP contribution in [0.1, 0.15) is 25.1 Å². The van der Waals surface area contributed by atoms with Crippen LogP contribution in [-0.4, -0.2) is 15.2 Å². The molecule has 2 N–H and O–H groups in total. The van der Waals surface area contributed by atoms with Gasteiger partial charge in [0.15, 0.2) is 4.96 Å². The minimum atomic E-state index is -0.551. The number of Topliss-reactive ketones (excluding diaryl/α,β-unsaturated/α-hetero) is 1. The highest BCUT2D eigenvalue weighted by Gasteiger charge is 2.29. The molecule has 4 nitrogen and oxygen atoms in total. The van der Waals surface area contributed by atoms with E-state index in [1.165, 1.54) is 0 Å². The quantitative estimate of drug-likeness (QED) is 0.753. The number of hydrogen-bond acceptors (Lipinski definition) is 4. The van der Waals surface area contributed by atoms with Crippen LogP contribution in [0.25, 0.3) is 4.96 Å². The van der Waals surface area contributed by atoms with Crippen molar-refractivity contribution < 1.29 is 4.79 Å². The molecule has 0 aliphatic rings. The van der Waals surface area contributed by atoms with E-state index in [1.807, 2.05) is 60.3 Å². The second-order valence-electron chi connectivity index (χ2n) is 5.67. The van der Waals surface area contributed by atoms with E-state index in [4.69, 9.17) is 5.73 Å². The topological polar surface area (TPSA) is 60.4 Å². The van der Waals surface area contributed by atoms with Gasteiger partial charge in [-0.15, -0.1) is 11.3 Å². The smallest absolute Gasteiger partial charge is 0.193 e. The minimum absolute atomic E-state index is 0.151. The SMILES string of the molecule is CC(C)(C(=O)Cc1cn2ccsc2n1)c1ccc(N)cc1. The summed E-state index contributed by atoms with van der Waals surface area (Å²) in [5, 5.41) is 1.98. The number of carbonyl (C=O) groups excluding carboxylic acids is 1. The minimum Gasteiger partial charge on any atom is -0.399 e. The van der Waals surface area contributed by atoms with E-state index in [-0.39, 0.29) is 5.78 Å². The fraction of sp³-hybridized carbons (Fsp3) is 0.250. The second kappa shape index (κ2) is 5.00. The summed E-state index contributed by atoms with van der Waals surface area (Å²) in [7, 11) is 0. The molecule has 21 heavy (non-hydrogen) atoms. The van der Waals surface area contributed by atoms with Gasteiger partial charge < -0.3 is 5.73 Å². The molecule has 2 aromatic heterocycles. The van der Waals surface area contributed by atoms with Gasteiger partial charge in [0.1, 0.15) is 5.78 Å². The van der Waals surface area contributed by atoms with Crippen LogP contribution in [0.15, 0.2) is 42.0 Å². The Morgan fingerprint density at radius 2 is 2.05 bits per heavy atom. The lowest BCUT2D eigenvalue weighted by Crippen LogP contribution is -2.30. The van der Waals surface area contributed by atoms with Gasteiger partial charge in [0, 0.05) is 28.9 Å². The van der Waals surface area contributed by atoms with Gasteiger partial charge in [0.25, 0.3) is 0 Å². The summed E-state index contributed by atoms with van der Waals surface area (Å²) in [5.41, 5.74) is 7.65. The molecule has 0 saturated heterocycles. The number of anilines is 1. The lowest BCUT2D eigenvalue weighted by molar-refractivity contribution is -0.122. The van der Waals surface area contributed by atoms with E-state index in [0.29, 0.717) is 12.1 Å². The Hall–Kier alpha value is -2.14. The van der Waals surface area contributed by atoms with E-state index in [9.17, 15) is 4.79 Å². The molecule has 0 aliphatic heterocycles. The first-order chi connectivity index (χ1) is 9.96. The molecule has 108 valence electrons. The average molecular weight is 299 g/mol. The third-order valence-corrected chi connectivity index (χ3v) is 4.59. The molecule has 0 aliphatic carbocycles. The zero-order chi connectivity index (χ0) is 15.0. The van der Waals surface area contributed by atoms with Crippen molar-refractivity contribution >= 4 is 27.8 Å². The summed E-state index contributed by atoms with van der Waals surface area (Å²) in [5.74, 6) is 0.151. The maximum atomic E-state index is 12.6. The molecule has 0 radical (unpaired) electrons. The predicted octanol–water partition coefficient (Wildman–Crippen LogP) is 3.07. The number of hydrogen-bond donors (Lipinski definition) is 1. The third kappa shape index (κ3) is 2.56. The van der Waals surface area contributed by atoms with E-state index in [0.717, 1.165) is 16.2 Å². The predicted molar refractivity (Wildman–Crippen MR) is 85.7 cm³/mol. The fourth-order valence-corrected chi connectivity index (χ4v) is 3.03. The Morgan fingerprint density at radius 1 is 1.33 bits per heavy atom. The van der Waals surface area contributed by atoms with E-state index in [2.05, 4.69) is 4.98 Å². The normalized spacial score (nSPS) is 11.9. The monoisotopic (exact) mass is 299 g/mol. The van der Waals surface area contributed by atoms with Crippen LogP contribution in [0.5, 0.6) is 0 Å². The van der Waals surface area contributed by atoms with Crippen LogP contribution >= 0.6 is 11.3 Å². The molecular formula is C16H17N3OS. The molecule has 3 aromatic rings. The first-order valence-electron chi connectivity index (χ1n) is 6.77. The zero-order valence-corrected chi connectivity index (χ0v) is 12.9. The van der Waals surface area contributed by atoms with Crippen molar-refractivity contribution in [3.8, 4) is 0 Å². The molecule has 0 unspecified atom stereocenters. The van der Waals surface area contributed by atoms with Crippen LogP contribution < -0.4 is 5.73 Å². The highest BCUT2D eigenvalue weighted by atomic mass is 32.1. The summed E-state index contributed by atoms with van der Waals surface area (Å²) in [4.78, 5) is 18.0. The number of nitrogen functional groups attached to an aromatic ring is 1. The number of nitrogens with zero attached hydrogens (tertiary/aromatic N) is 2. The maximum Gasteiger partial charge on any atom is 0.193 e. The molecule has 0 fully saturated rings. The van der Waals surface area contributed by atoms with Crippen molar-refractivity contribution in [1.29, 1.82) is 0 Å². The Balaban J connectivity index is 1.83. The van der Waals surface area contributed by atoms with Crippen molar-refractivity contribution in [2.45, 2.75) is 25.7 Å². The number of aromatic nitrogens is 2. The van der Waals surface area contributed by atoms with E-state index >= 15 is 0 Å². The first kappa shape index (κ1) is 13.8. The summed E-state index contributed by atoms with van der Waals surface area (Å²) in [6, 6.07) is 7.49. The van der Waals surface area contributed by atoms with E-state index in [1.54, 1.807) is 11.3 Å². The zero-order valence-electron chi connectivity index (χ0n) is 12.0. The van der Waals surface area contributed by atoms with Crippen molar-refractivity contribution in [1.82, 2.24) is 9.38 Å². The van der Waals surface area contributed by atoms with Crippen LogP contribution in [0.4, 0.5) is 5.69 Å². The third-order valence-electron chi connectivity index (χ3n) is 3.81. The van der Waals surface area contributed by atoms with Gasteiger partial charge in [-0.1, -0.05) is 12.1 Å². The number of nitrogens with two attached hydrogens (primary N) is 1. The standard InChI is InChI=1S/C16H17N3OS/c1-16(2,11-3-5-12(17)6-4-11)14(20)9-13-10-19-7-8-21-15(19)18-13/h3-8,10H,9,17H2,1-2H3. The van der Waals surface area contributed by atoms with Crippen molar-refractivity contribution in [2.75, 3.05) is 5.73 Å². The Morgan fingerprint density at radius 3 is 2.71 bits per heavy atom. The summed E-state index contributed by atoms with van der Waals surface area (Å²) in [6.45, 7) is 3.89. The summed E-state index contributed by atoms with van der Waals surface area (Å²) in [6.07, 6.45) is 4.21. The van der Waals surface area contributed by atoms with Crippen molar-refractivity contribution in [3.05, 3.63) is 53.3 Å². The number of carbonyl (C=O) groups is 1. The maximum absolute atomic E-state index is 12.6. The molecule has 0 bridgehead atoms. The highest BCUT2D eigenvalue weighted by molar-refractivity contribution is 7.15. The van der Waals surface area contributed by atoms with Crippen molar-refractivity contribution in [2.24, 2.45) is 0 Å². The Bertz CT molecular complexity index is 755.